The summed E-state index contributed by atoms with van der Waals surface area (Å²) in [6, 6.07) is 9.83. The van der Waals surface area contributed by atoms with Gasteiger partial charge in [0.1, 0.15) is 12.3 Å². The monoisotopic (exact) mass is 347 g/mol. The fraction of sp³-hybridized carbons (Fsp3) is 0.474. The van der Waals surface area contributed by atoms with E-state index >= 15 is 0 Å². The Labute approximate surface area is 148 Å². The van der Waals surface area contributed by atoms with Gasteiger partial charge in [0.25, 0.3) is 0 Å². The Morgan fingerprint density at radius 1 is 1.20 bits per heavy atom. The highest BCUT2D eigenvalue weighted by Crippen LogP contribution is 2.34. The summed E-state index contributed by atoms with van der Waals surface area (Å²) in [5, 5.41) is 0. The molecule has 1 saturated heterocycles. The number of rotatable bonds is 6. The molecule has 0 saturated carbocycles. The number of methoxy groups -OCH3 is 2. The van der Waals surface area contributed by atoms with Crippen molar-refractivity contribution in [1.29, 1.82) is 0 Å². The second-order valence-electron chi connectivity index (χ2n) is 6.24. The van der Waals surface area contributed by atoms with Crippen LogP contribution in [0.15, 0.2) is 42.1 Å². The lowest BCUT2D eigenvalue weighted by atomic mass is 10.0. The highest BCUT2D eigenvalue weighted by Gasteiger charge is 2.40. The Balaban J connectivity index is 2.36. The molecule has 0 aromatic heterocycles. The molecule has 2 unspecified atom stereocenters. The molecule has 1 fully saturated rings. The van der Waals surface area contributed by atoms with E-state index in [1.165, 1.54) is 20.3 Å². The molecular formula is C19H25NO5. The molecule has 0 bridgehead atoms. The van der Waals surface area contributed by atoms with E-state index in [1.54, 1.807) is 0 Å². The zero-order valence-corrected chi connectivity index (χ0v) is 15.1. The third-order valence-corrected chi connectivity index (χ3v) is 4.11. The molecule has 136 valence electrons. The molecule has 0 N–H and O–H groups in total. The van der Waals surface area contributed by atoms with Crippen molar-refractivity contribution in [2.45, 2.75) is 39.1 Å². The molecule has 0 aliphatic carbocycles. The lowest BCUT2D eigenvalue weighted by Crippen LogP contribution is -2.31. The van der Waals surface area contributed by atoms with Crippen LogP contribution in [-0.2, 0) is 30.3 Å². The summed E-state index contributed by atoms with van der Waals surface area (Å²) in [7, 11) is 2.69. The first-order valence-corrected chi connectivity index (χ1v) is 8.28. The van der Waals surface area contributed by atoms with Crippen molar-refractivity contribution in [3.63, 3.8) is 0 Å². The summed E-state index contributed by atoms with van der Waals surface area (Å²) in [5.74, 6) is -0.664. The van der Waals surface area contributed by atoms with Gasteiger partial charge in [-0.1, -0.05) is 44.2 Å². The molecule has 1 heterocycles. The van der Waals surface area contributed by atoms with E-state index in [2.05, 4.69) is 0 Å². The number of hydrogen-bond acceptors (Lipinski definition) is 6. The summed E-state index contributed by atoms with van der Waals surface area (Å²) >= 11 is 0. The maximum atomic E-state index is 11.8. The molecule has 6 heteroatoms. The van der Waals surface area contributed by atoms with E-state index in [0.29, 0.717) is 6.54 Å². The van der Waals surface area contributed by atoms with Crippen molar-refractivity contribution >= 4 is 11.9 Å². The van der Waals surface area contributed by atoms with Crippen molar-refractivity contribution < 1.29 is 23.8 Å². The first-order valence-electron chi connectivity index (χ1n) is 8.28. The fourth-order valence-corrected chi connectivity index (χ4v) is 2.84. The number of carbonyl (C=O) groups excluding carboxylic acids is 2. The van der Waals surface area contributed by atoms with E-state index in [1.807, 2.05) is 49.1 Å². The minimum atomic E-state index is -0.490. The molecule has 6 nitrogen and oxygen atoms in total. The van der Waals surface area contributed by atoms with Gasteiger partial charge in [0.2, 0.25) is 0 Å². The van der Waals surface area contributed by atoms with Gasteiger partial charge in [0.05, 0.1) is 26.3 Å². The molecule has 0 amide bonds. The van der Waals surface area contributed by atoms with Crippen LogP contribution >= 0.6 is 0 Å². The van der Waals surface area contributed by atoms with E-state index in [-0.39, 0.29) is 24.4 Å². The molecule has 1 aromatic rings. The van der Waals surface area contributed by atoms with Crippen LogP contribution in [0.4, 0.5) is 0 Å². The van der Waals surface area contributed by atoms with Gasteiger partial charge in [-0.15, -0.1) is 0 Å². The third-order valence-electron chi connectivity index (χ3n) is 4.11. The third kappa shape index (κ3) is 4.82. The normalized spacial score (nSPS) is 21.6. The van der Waals surface area contributed by atoms with Crippen LogP contribution in [0.1, 0.15) is 25.8 Å². The Bertz CT molecular complexity index is 626. The molecule has 25 heavy (non-hydrogen) atoms. The summed E-state index contributed by atoms with van der Waals surface area (Å²) in [6.45, 7) is 4.54. The van der Waals surface area contributed by atoms with Crippen LogP contribution in [0.25, 0.3) is 0 Å². The fourth-order valence-electron chi connectivity index (χ4n) is 2.84. The van der Waals surface area contributed by atoms with Crippen LogP contribution in [0, 0.1) is 5.92 Å². The predicted molar refractivity (Wildman–Crippen MR) is 92.2 cm³/mol. The van der Waals surface area contributed by atoms with E-state index in [4.69, 9.17) is 14.2 Å². The maximum absolute atomic E-state index is 11.8. The molecule has 1 aliphatic heterocycles. The summed E-state index contributed by atoms with van der Waals surface area (Å²) in [5.41, 5.74) is 1.78. The second kappa shape index (κ2) is 8.67. The number of esters is 2. The van der Waals surface area contributed by atoms with Gasteiger partial charge in [-0.25, -0.2) is 4.79 Å². The topological polar surface area (TPSA) is 65.1 Å². The Morgan fingerprint density at radius 2 is 1.88 bits per heavy atom. The molecule has 1 aromatic carbocycles. The van der Waals surface area contributed by atoms with Crippen LogP contribution in [0.3, 0.4) is 0 Å². The molecular weight excluding hydrogens is 322 g/mol. The summed E-state index contributed by atoms with van der Waals surface area (Å²) < 4.78 is 15.7. The number of benzene rings is 1. The minimum absolute atomic E-state index is 0.0884. The first kappa shape index (κ1) is 19.0. The van der Waals surface area contributed by atoms with Gasteiger partial charge >= 0.3 is 11.9 Å². The van der Waals surface area contributed by atoms with Crippen molar-refractivity contribution in [1.82, 2.24) is 4.90 Å². The zero-order chi connectivity index (χ0) is 18.4. The van der Waals surface area contributed by atoms with Crippen molar-refractivity contribution in [2.75, 3.05) is 14.2 Å². The SMILES string of the molecule is COC(=O)/C=C1\C(C(C)C)OC(CC(=O)OC)N1Cc1ccccc1. The molecule has 0 radical (unpaired) electrons. The minimum Gasteiger partial charge on any atom is -0.469 e. The Hall–Kier alpha value is -2.34. The van der Waals surface area contributed by atoms with Gasteiger partial charge in [0, 0.05) is 12.6 Å². The van der Waals surface area contributed by atoms with Crippen LogP contribution in [-0.4, -0.2) is 43.4 Å². The highest BCUT2D eigenvalue weighted by atomic mass is 16.5. The number of hydrogen-bond donors (Lipinski definition) is 0. The molecule has 2 atom stereocenters. The average molecular weight is 347 g/mol. The molecule has 1 aliphatic rings. The van der Waals surface area contributed by atoms with Gasteiger partial charge in [-0.05, 0) is 11.5 Å². The van der Waals surface area contributed by atoms with E-state index in [9.17, 15) is 9.59 Å². The van der Waals surface area contributed by atoms with Crippen LogP contribution < -0.4 is 0 Å². The van der Waals surface area contributed by atoms with E-state index < -0.39 is 12.2 Å². The summed E-state index contributed by atoms with van der Waals surface area (Å²) in [6.07, 6.45) is 0.754. The maximum Gasteiger partial charge on any atom is 0.332 e. The number of carbonyl (C=O) groups is 2. The largest absolute Gasteiger partial charge is 0.469 e. The zero-order valence-electron chi connectivity index (χ0n) is 15.1. The Morgan fingerprint density at radius 3 is 2.44 bits per heavy atom. The number of ether oxygens (including phenoxy) is 3. The second-order valence-corrected chi connectivity index (χ2v) is 6.24. The Kier molecular flexibility index (Phi) is 6.58. The van der Waals surface area contributed by atoms with Crippen LogP contribution in [0.5, 0.6) is 0 Å². The quantitative estimate of drug-likeness (QED) is 0.582. The lowest BCUT2D eigenvalue weighted by Gasteiger charge is -2.25. The lowest BCUT2D eigenvalue weighted by molar-refractivity contribution is -0.146. The molecule has 0 spiro atoms. The van der Waals surface area contributed by atoms with E-state index in [0.717, 1.165) is 11.3 Å². The smallest absolute Gasteiger partial charge is 0.332 e. The average Bonchev–Trinajstić information content (AvgIpc) is 2.93. The van der Waals surface area contributed by atoms with Gasteiger partial charge in [-0.2, -0.15) is 0 Å². The van der Waals surface area contributed by atoms with Gasteiger partial charge in [0.15, 0.2) is 0 Å². The van der Waals surface area contributed by atoms with Gasteiger partial charge in [-0.3, -0.25) is 4.79 Å². The molecule has 2 rings (SSSR count). The van der Waals surface area contributed by atoms with Gasteiger partial charge < -0.3 is 19.1 Å². The standard InChI is InChI=1S/C19H25NO5/c1-13(2)19-15(10-17(21)23-3)20(12-14-8-6-5-7-9-14)16(25-19)11-18(22)24-4/h5-10,13,16,19H,11-12H2,1-4H3/b15-10+. The van der Waals surface area contributed by atoms with Crippen LogP contribution in [0.2, 0.25) is 0 Å². The van der Waals surface area contributed by atoms with Crippen molar-refractivity contribution in [2.24, 2.45) is 5.92 Å². The summed E-state index contributed by atoms with van der Waals surface area (Å²) in [4.78, 5) is 25.6. The predicted octanol–water partition coefficient (Wildman–Crippen LogP) is 2.49. The van der Waals surface area contributed by atoms with Crippen molar-refractivity contribution in [3.05, 3.63) is 47.7 Å². The first-order chi connectivity index (χ1) is 12.0. The van der Waals surface area contributed by atoms with Crippen molar-refractivity contribution in [3.8, 4) is 0 Å². The number of nitrogens with zero attached hydrogens (tertiary/aromatic N) is 1. The highest BCUT2D eigenvalue weighted by molar-refractivity contribution is 5.82.